The van der Waals surface area contributed by atoms with Crippen molar-refractivity contribution in [1.82, 2.24) is 20.2 Å². The van der Waals surface area contributed by atoms with Crippen LogP contribution >= 0.6 is 0 Å². The number of aliphatic carboxylic acids is 1. The van der Waals surface area contributed by atoms with E-state index < -0.39 is 54.5 Å². The highest BCUT2D eigenvalue weighted by atomic mass is 16.6. The fourth-order valence-corrected chi connectivity index (χ4v) is 7.12. The van der Waals surface area contributed by atoms with E-state index in [1.165, 1.54) is 9.47 Å². The van der Waals surface area contributed by atoms with Gasteiger partial charge in [0.2, 0.25) is 5.91 Å². The van der Waals surface area contributed by atoms with Crippen LogP contribution < -0.4 is 21.1 Å². The largest absolute Gasteiger partial charge is 0.481 e. The number of amides is 2. The van der Waals surface area contributed by atoms with Gasteiger partial charge in [0.1, 0.15) is 5.82 Å². The number of fused-ring (bicyclic) bond motifs is 7. The lowest BCUT2D eigenvalue weighted by Crippen LogP contribution is -2.57. The second kappa shape index (κ2) is 12.3. The number of carboxylic acid groups (broad SMARTS) is 1. The Morgan fingerprint density at radius 2 is 1.62 bits per heavy atom. The lowest BCUT2D eigenvalue weighted by molar-refractivity contribution is -0.166. The number of hydrogen-bond donors (Lipinski definition) is 3. The van der Waals surface area contributed by atoms with Crippen LogP contribution in [0.5, 0.6) is 0 Å². The average Bonchev–Trinajstić information content (AvgIpc) is 3.41. The highest BCUT2D eigenvalue weighted by molar-refractivity contribution is 6.04. The summed E-state index contributed by atoms with van der Waals surface area (Å²) in [7, 11) is 0. The Balaban J connectivity index is 0.00000401. The highest BCUT2D eigenvalue weighted by Gasteiger charge is 2.64. The molecular formula is C35H35N5O8. The first kappa shape index (κ1) is 32.5. The molecule has 3 aromatic carbocycles. The number of nitrogens with one attached hydrogen (secondary N) is 2. The summed E-state index contributed by atoms with van der Waals surface area (Å²) in [6.07, 6.45) is -0.321. The van der Waals surface area contributed by atoms with Gasteiger partial charge in [-0.3, -0.25) is 33.4 Å². The van der Waals surface area contributed by atoms with Crippen LogP contribution in [0.1, 0.15) is 73.2 Å². The van der Waals surface area contributed by atoms with E-state index in [4.69, 9.17) is 9.72 Å². The van der Waals surface area contributed by atoms with Gasteiger partial charge < -0.3 is 20.6 Å². The molecule has 0 spiro atoms. The highest BCUT2D eigenvalue weighted by Crippen LogP contribution is 2.54. The van der Waals surface area contributed by atoms with E-state index in [0.717, 1.165) is 0 Å². The number of ether oxygens (including phenoxy) is 1. The van der Waals surface area contributed by atoms with Gasteiger partial charge in [-0.25, -0.2) is 10.3 Å². The van der Waals surface area contributed by atoms with Crippen LogP contribution in [0.2, 0.25) is 0 Å². The van der Waals surface area contributed by atoms with Crippen molar-refractivity contribution in [3.8, 4) is 5.69 Å². The molecule has 3 unspecified atom stereocenters. The molecular weight excluding hydrogens is 618 g/mol. The van der Waals surface area contributed by atoms with Crippen molar-refractivity contribution < 1.29 is 34.5 Å². The minimum Gasteiger partial charge on any atom is -0.481 e. The molecule has 4 heterocycles. The number of para-hydroxylation sites is 3. The number of rotatable bonds is 8. The van der Waals surface area contributed by atoms with Gasteiger partial charge in [0.15, 0.2) is 0 Å². The third kappa shape index (κ3) is 5.20. The van der Waals surface area contributed by atoms with Crippen molar-refractivity contribution in [3.63, 3.8) is 0 Å². The van der Waals surface area contributed by atoms with Gasteiger partial charge in [-0.1, -0.05) is 56.3 Å². The summed E-state index contributed by atoms with van der Waals surface area (Å²) >= 11 is 0. The summed E-state index contributed by atoms with van der Waals surface area (Å²) in [6, 6.07) is 19.4. The van der Waals surface area contributed by atoms with Crippen LogP contribution in [0.15, 0.2) is 77.6 Å². The zero-order chi connectivity index (χ0) is 33.0. The van der Waals surface area contributed by atoms with Gasteiger partial charge in [0.05, 0.1) is 58.7 Å². The first-order chi connectivity index (χ1) is 22.6. The molecule has 5 N–H and O–H groups in total. The van der Waals surface area contributed by atoms with Crippen LogP contribution in [-0.2, 0) is 19.1 Å². The van der Waals surface area contributed by atoms with Crippen molar-refractivity contribution in [2.24, 2.45) is 5.92 Å². The normalized spacial score (nSPS) is 22.2. The van der Waals surface area contributed by atoms with E-state index in [0.29, 0.717) is 45.6 Å². The average molecular weight is 654 g/mol. The zero-order valence-corrected chi connectivity index (χ0v) is 26.3. The Morgan fingerprint density at radius 3 is 2.38 bits per heavy atom. The summed E-state index contributed by atoms with van der Waals surface area (Å²) in [5.74, 6) is -4.70. The molecule has 1 saturated heterocycles. The molecule has 48 heavy (non-hydrogen) atoms. The van der Waals surface area contributed by atoms with E-state index in [2.05, 4.69) is 10.6 Å². The Labute approximate surface area is 274 Å². The van der Waals surface area contributed by atoms with Crippen LogP contribution in [0.25, 0.3) is 16.6 Å². The molecule has 2 amide bonds. The van der Waals surface area contributed by atoms with Crippen molar-refractivity contribution in [2.75, 3.05) is 4.90 Å². The third-order valence-corrected chi connectivity index (χ3v) is 9.06. The Kier molecular flexibility index (Phi) is 8.35. The van der Waals surface area contributed by atoms with E-state index in [1.54, 1.807) is 60.7 Å². The van der Waals surface area contributed by atoms with E-state index in [1.807, 2.05) is 26.0 Å². The lowest BCUT2D eigenvalue weighted by atomic mass is 9.88. The lowest BCUT2D eigenvalue weighted by Gasteiger charge is -2.37. The number of benzene rings is 3. The van der Waals surface area contributed by atoms with Crippen LogP contribution in [0.4, 0.5) is 5.69 Å². The number of carboxylic acids is 1. The predicted octanol–water partition coefficient (Wildman–Crippen LogP) is 2.95. The van der Waals surface area contributed by atoms with E-state index >= 15 is 0 Å². The topological polar surface area (TPSA) is 191 Å². The second-order valence-electron chi connectivity index (χ2n) is 12.6. The maximum atomic E-state index is 14.1. The number of anilines is 1. The maximum Gasteiger partial charge on any atom is 0.309 e. The van der Waals surface area contributed by atoms with Gasteiger partial charge in [-0.15, -0.1) is 0 Å². The second-order valence-corrected chi connectivity index (χ2v) is 12.6. The minimum absolute atomic E-state index is 0. The number of carbonyl (C=O) groups excluding carboxylic acids is 3. The molecule has 0 aliphatic carbocycles. The zero-order valence-electron chi connectivity index (χ0n) is 26.3. The molecule has 4 aromatic rings. The molecule has 3 aliphatic rings. The molecule has 4 atom stereocenters. The summed E-state index contributed by atoms with van der Waals surface area (Å²) in [5, 5.41) is 16.1. The standard InChI is InChI=1S/C35H33N5O7.H2O/c1-19(2)17-26-34(46)40-28-14-8-4-9-20(28)23(35(40,38-26)47-30(43)16-15-29(41)42)18-25-31-36-24-12-6-3-10-21(24)33(45)39(31)27-13-7-5-11-22(27)32(44)37-25;/h3-14,19,23,25-26,38H,15-18H2,1-2H3,(H,37,44)(H,41,42);1H2/t23?,25-,26?,35?;/m0./s1. The molecule has 0 saturated carbocycles. The van der Waals surface area contributed by atoms with E-state index in [9.17, 15) is 29.1 Å². The molecule has 0 radical (unpaired) electrons. The molecule has 7 rings (SSSR count). The van der Waals surface area contributed by atoms with Gasteiger partial charge in [-0.05, 0) is 54.7 Å². The van der Waals surface area contributed by atoms with Crippen LogP contribution in [-0.4, -0.2) is 55.8 Å². The third-order valence-electron chi connectivity index (χ3n) is 9.06. The Morgan fingerprint density at radius 1 is 0.938 bits per heavy atom. The van der Waals surface area contributed by atoms with E-state index in [-0.39, 0.29) is 29.3 Å². The fraction of sp³-hybridized carbons (Fsp3) is 0.314. The number of hydrogen-bond acceptors (Lipinski definition) is 8. The number of aromatic nitrogens is 2. The first-order valence-corrected chi connectivity index (χ1v) is 15.7. The molecule has 3 aliphatic heterocycles. The van der Waals surface area contributed by atoms with Crippen LogP contribution in [0, 0.1) is 5.92 Å². The molecule has 13 heteroatoms. The summed E-state index contributed by atoms with van der Waals surface area (Å²) in [5.41, 5.74) is 2.03. The number of carbonyl (C=O) groups is 4. The quantitative estimate of drug-likeness (QED) is 0.240. The smallest absolute Gasteiger partial charge is 0.309 e. The van der Waals surface area contributed by atoms with Crippen LogP contribution in [0.3, 0.4) is 0 Å². The fourth-order valence-electron chi connectivity index (χ4n) is 7.12. The summed E-state index contributed by atoms with van der Waals surface area (Å²) in [4.78, 5) is 73.0. The van der Waals surface area contributed by atoms with Crippen molar-refractivity contribution in [2.45, 2.75) is 63.4 Å². The number of nitrogens with zero attached hydrogens (tertiary/aromatic N) is 3. The monoisotopic (exact) mass is 653 g/mol. The maximum absolute atomic E-state index is 14.1. The predicted molar refractivity (Wildman–Crippen MR) is 175 cm³/mol. The SMILES string of the molecule is CC(C)CC1NC2(OC(=O)CCC(=O)O)C(C[C@@H]3NC(=O)c4ccccc4-n4c3nc3ccccc3c4=O)c3ccccc3N2C1=O.O. The Hall–Kier alpha value is -5.40. The number of esters is 1. The molecule has 0 bridgehead atoms. The molecule has 13 nitrogen and oxygen atoms in total. The minimum atomic E-state index is -1.72. The molecule has 1 aromatic heterocycles. The first-order valence-electron chi connectivity index (χ1n) is 15.7. The van der Waals surface area contributed by atoms with Gasteiger partial charge in [0.25, 0.3) is 17.3 Å². The van der Waals surface area contributed by atoms with Crippen molar-refractivity contribution >= 4 is 40.3 Å². The van der Waals surface area contributed by atoms with Crippen molar-refractivity contribution in [3.05, 3.63) is 100 Å². The van der Waals surface area contributed by atoms with Gasteiger partial charge in [-0.2, -0.15) is 0 Å². The molecule has 1 fully saturated rings. The summed E-state index contributed by atoms with van der Waals surface area (Å²) in [6.45, 7) is 3.97. The van der Waals surface area contributed by atoms with Gasteiger partial charge in [0, 0.05) is 0 Å². The molecule has 248 valence electrons. The Bertz CT molecular complexity index is 2030. The van der Waals surface area contributed by atoms with Gasteiger partial charge >= 0.3 is 11.9 Å². The van der Waals surface area contributed by atoms with Crippen molar-refractivity contribution in [1.29, 1.82) is 0 Å². The summed E-state index contributed by atoms with van der Waals surface area (Å²) < 4.78 is 7.64.